The average Bonchev–Trinajstić information content (AvgIpc) is 2.71. The van der Waals surface area contributed by atoms with E-state index in [1.165, 1.54) is 38.6 Å². The molecule has 1 amide bonds. The SMILES string of the molecule is COc1ccc(NC(=O)c2ccc(Nc3c(F)cccc3F)nc2)cc1OC. The Kier molecular flexibility index (Phi) is 5.69. The van der Waals surface area contributed by atoms with E-state index in [0.717, 1.165) is 12.1 Å². The number of rotatable bonds is 6. The second-order valence-electron chi connectivity index (χ2n) is 5.68. The first kappa shape index (κ1) is 19.1. The number of hydrogen-bond donors (Lipinski definition) is 2. The van der Waals surface area contributed by atoms with Crippen LogP contribution < -0.4 is 20.1 Å². The Morgan fingerprint density at radius 2 is 1.68 bits per heavy atom. The predicted molar refractivity (Wildman–Crippen MR) is 101 cm³/mol. The largest absolute Gasteiger partial charge is 0.493 e. The van der Waals surface area contributed by atoms with E-state index in [-0.39, 0.29) is 17.1 Å². The van der Waals surface area contributed by atoms with Gasteiger partial charge in [-0.25, -0.2) is 13.8 Å². The Bertz CT molecular complexity index is 974. The third-order valence-corrected chi connectivity index (χ3v) is 3.88. The molecule has 0 saturated carbocycles. The fourth-order valence-electron chi connectivity index (χ4n) is 2.46. The molecule has 2 N–H and O–H groups in total. The number of anilines is 3. The summed E-state index contributed by atoms with van der Waals surface area (Å²) in [7, 11) is 3.02. The lowest BCUT2D eigenvalue weighted by atomic mass is 10.2. The highest BCUT2D eigenvalue weighted by atomic mass is 19.1. The number of hydrogen-bond acceptors (Lipinski definition) is 5. The van der Waals surface area contributed by atoms with Crippen molar-refractivity contribution >= 4 is 23.1 Å². The minimum atomic E-state index is -0.739. The second-order valence-corrected chi connectivity index (χ2v) is 5.68. The molecule has 0 aliphatic rings. The van der Waals surface area contributed by atoms with Crippen LogP contribution in [0.15, 0.2) is 54.7 Å². The van der Waals surface area contributed by atoms with Crippen LogP contribution in [0.2, 0.25) is 0 Å². The lowest BCUT2D eigenvalue weighted by molar-refractivity contribution is 0.102. The van der Waals surface area contributed by atoms with Gasteiger partial charge in [0.15, 0.2) is 11.5 Å². The third kappa shape index (κ3) is 4.17. The summed E-state index contributed by atoms with van der Waals surface area (Å²) in [4.78, 5) is 16.4. The second kappa shape index (κ2) is 8.34. The van der Waals surface area contributed by atoms with Crippen LogP contribution in [0.5, 0.6) is 11.5 Å². The molecule has 2 aromatic carbocycles. The summed E-state index contributed by atoms with van der Waals surface area (Å²) in [5, 5.41) is 5.28. The van der Waals surface area contributed by atoms with Gasteiger partial charge in [-0.3, -0.25) is 4.79 Å². The van der Waals surface area contributed by atoms with Gasteiger partial charge in [-0.1, -0.05) is 6.07 Å². The van der Waals surface area contributed by atoms with Crippen LogP contribution in [0.3, 0.4) is 0 Å². The van der Waals surface area contributed by atoms with Crippen molar-refractivity contribution < 1.29 is 23.0 Å². The molecule has 28 heavy (non-hydrogen) atoms. The fourth-order valence-corrected chi connectivity index (χ4v) is 2.46. The molecule has 0 aliphatic heterocycles. The molecule has 0 bridgehead atoms. The summed E-state index contributed by atoms with van der Waals surface area (Å²) < 4.78 is 37.7. The lowest BCUT2D eigenvalue weighted by Gasteiger charge is -2.11. The minimum Gasteiger partial charge on any atom is -0.493 e. The van der Waals surface area contributed by atoms with E-state index in [4.69, 9.17) is 9.47 Å². The molecule has 8 heteroatoms. The Balaban J connectivity index is 1.72. The highest BCUT2D eigenvalue weighted by Gasteiger charge is 2.12. The highest BCUT2D eigenvalue weighted by Crippen LogP contribution is 2.30. The van der Waals surface area contributed by atoms with Gasteiger partial charge in [0.05, 0.1) is 19.8 Å². The number of methoxy groups -OCH3 is 2. The smallest absolute Gasteiger partial charge is 0.257 e. The number of benzene rings is 2. The predicted octanol–water partition coefficient (Wildman–Crippen LogP) is 4.37. The standard InChI is InChI=1S/C20H17F2N3O3/c1-27-16-8-7-13(10-17(16)28-2)24-20(26)12-6-9-18(23-11-12)25-19-14(21)4-3-5-15(19)22/h3-11H,1-2H3,(H,23,25)(H,24,26). The van der Waals surface area contributed by atoms with Gasteiger partial charge in [-0.2, -0.15) is 0 Å². The number of amides is 1. The van der Waals surface area contributed by atoms with Crippen molar-refractivity contribution in [1.29, 1.82) is 0 Å². The van der Waals surface area contributed by atoms with Gasteiger partial charge in [0.25, 0.3) is 5.91 Å². The maximum absolute atomic E-state index is 13.7. The topological polar surface area (TPSA) is 72.5 Å². The monoisotopic (exact) mass is 385 g/mol. The number of ether oxygens (including phenoxy) is 2. The van der Waals surface area contributed by atoms with E-state index in [2.05, 4.69) is 15.6 Å². The molecule has 6 nitrogen and oxygen atoms in total. The number of nitrogens with zero attached hydrogens (tertiary/aromatic N) is 1. The van der Waals surface area contributed by atoms with Crippen LogP contribution in [0.4, 0.5) is 26.0 Å². The molecule has 0 unspecified atom stereocenters. The summed E-state index contributed by atoms with van der Waals surface area (Å²) in [5.41, 5.74) is 0.477. The van der Waals surface area contributed by atoms with E-state index in [1.54, 1.807) is 18.2 Å². The van der Waals surface area contributed by atoms with Gasteiger partial charge < -0.3 is 20.1 Å². The molecular formula is C20H17F2N3O3. The van der Waals surface area contributed by atoms with Crippen LogP contribution >= 0.6 is 0 Å². The quantitative estimate of drug-likeness (QED) is 0.659. The third-order valence-electron chi connectivity index (χ3n) is 3.88. The Morgan fingerprint density at radius 3 is 2.29 bits per heavy atom. The van der Waals surface area contributed by atoms with E-state index in [0.29, 0.717) is 17.2 Å². The summed E-state index contributed by atoms with van der Waals surface area (Å²) in [6.07, 6.45) is 1.30. The first-order chi connectivity index (χ1) is 13.5. The van der Waals surface area contributed by atoms with Gasteiger partial charge in [0, 0.05) is 18.0 Å². The van der Waals surface area contributed by atoms with Crippen molar-refractivity contribution in [1.82, 2.24) is 4.98 Å². The molecular weight excluding hydrogens is 368 g/mol. The zero-order chi connectivity index (χ0) is 20.1. The Hall–Kier alpha value is -3.68. The fraction of sp³-hybridized carbons (Fsp3) is 0.100. The van der Waals surface area contributed by atoms with E-state index >= 15 is 0 Å². The number of carbonyl (C=O) groups excluding carboxylic acids is 1. The van der Waals surface area contributed by atoms with Gasteiger partial charge >= 0.3 is 0 Å². The number of pyridine rings is 1. The van der Waals surface area contributed by atoms with Crippen molar-refractivity contribution in [3.05, 3.63) is 71.9 Å². The van der Waals surface area contributed by atoms with Crippen molar-refractivity contribution in [2.75, 3.05) is 24.9 Å². The van der Waals surface area contributed by atoms with Crippen molar-refractivity contribution in [2.45, 2.75) is 0 Å². The molecule has 1 aromatic heterocycles. The van der Waals surface area contributed by atoms with Gasteiger partial charge in [0.2, 0.25) is 0 Å². The van der Waals surface area contributed by atoms with Crippen LogP contribution in [0, 0.1) is 11.6 Å². The van der Waals surface area contributed by atoms with Crippen molar-refractivity contribution in [3.8, 4) is 11.5 Å². The number of halogens is 2. The Morgan fingerprint density at radius 1 is 0.964 bits per heavy atom. The first-order valence-corrected chi connectivity index (χ1v) is 8.22. The van der Waals surface area contributed by atoms with Crippen LogP contribution in [0.1, 0.15) is 10.4 Å². The summed E-state index contributed by atoms with van der Waals surface area (Å²) in [5.74, 6) is -0.660. The molecule has 144 valence electrons. The molecule has 0 aliphatic carbocycles. The molecule has 0 atom stereocenters. The normalized spacial score (nSPS) is 10.3. The number of carbonyl (C=O) groups is 1. The van der Waals surface area contributed by atoms with Crippen molar-refractivity contribution in [2.24, 2.45) is 0 Å². The van der Waals surface area contributed by atoms with Crippen LogP contribution in [-0.4, -0.2) is 25.1 Å². The van der Waals surface area contributed by atoms with Gasteiger partial charge in [-0.15, -0.1) is 0 Å². The van der Waals surface area contributed by atoms with Gasteiger partial charge in [0.1, 0.15) is 23.1 Å². The zero-order valence-electron chi connectivity index (χ0n) is 15.1. The summed E-state index contributed by atoms with van der Waals surface area (Å²) in [6, 6.07) is 11.4. The van der Waals surface area contributed by atoms with Crippen LogP contribution in [-0.2, 0) is 0 Å². The molecule has 0 spiro atoms. The molecule has 0 fully saturated rings. The zero-order valence-corrected chi connectivity index (χ0v) is 15.1. The first-order valence-electron chi connectivity index (χ1n) is 8.22. The molecule has 0 radical (unpaired) electrons. The van der Waals surface area contributed by atoms with Crippen LogP contribution in [0.25, 0.3) is 0 Å². The molecule has 3 rings (SSSR count). The van der Waals surface area contributed by atoms with E-state index in [9.17, 15) is 13.6 Å². The number of nitrogens with one attached hydrogen (secondary N) is 2. The van der Waals surface area contributed by atoms with Crippen molar-refractivity contribution in [3.63, 3.8) is 0 Å². The maximum Gasteiger partial charge on any atom is 0.257 e. The summed E-state index contributed by atoms with van der Waals surface area (Å²) in [6.45, 7) is 0. The molecule has 0 saturated heterocycles. The molecule has 1 heterocycles. The van der Waals surface area contributed by atoms with Gasteiger partial charge in [-0.05, 0) is 36.4 Å². The summed E-state index contributed by atoms with van der Waals surface area (Å²) >= 11 is 0. The number of para-hydroxylation sites is 1. The van der Waals surface area contributed by atoms with E-state index in [1.807, 2.05) is 0 Å². The average molecular weight is 385 g/mol. The van der Waals surface area contributed by atoms with E-state index < -0.39 is 17.5 Å². The number of aromatic nitrogens is 1. The highest BCUT2D eigenvalue weighted by molar-refractivity contribution is 6.04. The molecule has 3 aromatic rings. The Labute approximate surface area is 160 Å². The maximum atomic E-state index is 13.7. The minimum absolute atomic E-state index is 0.201. The lowest BCUT2D eigenvalue weighted by Crippen LogP contribution is -2.12.